The monoisotopic (exact) mass is 283 g/mol. The third-order valence-corrected chi connectivity index (χ3v) is 3.01. The van der Waals surface area contributed by atoms with Crippen LogP contribution in [0.2, 0.25) is 5.02 Å². The fourth-order valence-electron chi connectivity index (χ4n) is 1.36. The van der Waals surface area contributed by atoms with E-state index >= 15 is 0 Å². The number of hydrogen-bond acceptors (Lipinski definition) is 5. The normalized spacial score (nSPS) is 13.4. The Morgan fingerprint density at radius 3 is 2.84 bits per heavy atom. The molecular formula is C12H14ClN3O3. The molecule has 0 amide bonds. The van der Waals surface area contributed by atoms with Crippen LogP contribution in [0.25, 0.3) is 0 Å². The number of nitrogens with zero attached hydrogens (tertiary/aromatic N) is 2. The van der Waals surface area contributed by atoms with E-state index in [0.29, 0.717) is 11.4 Å². The van der Waals surface area contributed by atoms with Crippen LogP contribution in [-0.2, 0) is 0 Å². The fraction of sp³-hybridized carbons (Fsp3) is 0.417. The summed E-state index contributed by atoms with van der Waals surface area (Å²) < 4.78 is 5.36. The number of nitriles is 1. The zero-order chi connectivity index (χ0) is 14.5. The van der Waals surface area contributed by atoms with E-state index in [2.05, 4.69) is 11.4 Å². The van der Waals surface area contributed by atoms with Crippen LogP contribution in [0.5, 0.6) is 5.75 Å². The molecule has 1 aromatic carbocycles. The summed E-state index contributed by atoms with van der Waals surface area (Å²) in [4.78, 5) is 10.3. The Hall–Kier alpha value is -1.84. The highest BCUT2D eigenvalue weighted by Crippen LogP contribution is 2.30. The summed E-state index contributed by atoms with van der Waals surface area (Å²) in [6, 6.07) is 6.22. The number of ether oxygens (including phenoxy) is 1. The van der Waals surface area contributed by atoms with Crippen LogP contribution in [0.4, 0.5) is 5.69 Å². The third-order valence-electron chi connectivity index (χ3n) is 2.78. The number of nitro benzene ring substituents is 1. The summed E-state index contributed by atoms with van der Waals surface area (Å²) in [5, 5.41) is 23.0. The predicted octanol–water partition coefficient (Wildman–Crippen LogP) is 2.52. The van der Waals surface area contributed by atoms with Crippen molar-refractivity contribution in [1.82, 2.24) is 5.32 Å². The Morgan fingerprint density at radius 2 is 2.32 bits per heavy atom. The van der Waals surface area contributed by atoms with E-state index in [1.807, 2.05) is 0 Å². The zero-order valence-corrected chi connectivity index (χ0v) is 11.4. The largest absolute Gasteiger partial charge is 0.487 e. The quantitative estimate of drug-likeness (QED) is 0.640. The van der Waals surface area contributed by atoms with Gasteiger partial charge in [0.25, 0.3) is 0 Å². The summed E-state index contributed by atoms with van der Waals surface area (Å²) in [5.74, 6) is 0.105. The number of benzene rings is 1. The standard InChI is InChI=1S/C12H14ClN3O3/c1-12(8-14,15-2)5-6-19-11-7-9(13)3-4-10(11)16(17)18/h3-4,7,15H,5-6H2,1-2H3. The van der Waals surface area contributed by atoms with Crippen molar-refractivity contribution >= 4 is 17.3 Å². The Morgan fingerprint density at radius 1 is 1.63 bits per heavy atom. The summed E-state index contributed by atoms with van der Waals surface area (Å²) in [6.45, 7) is 1.90. The number of rotatable bonds is 6. The molecule has 1 atom stereocenters. The highest BCUT2D eigenvalue weighted by Gasteiger charge is 2.22. The molecule has 1 rings (SSSR count). The fourth-order valence-corrected chi connectivity index (χ4v) is 1.52. The second-order valence-corrected chi connectivity index (χ2v) is 4.60. The van der Waals surface area contributed by atoms with Gasteiger partial charge in [-0.1, -0.05) is 11.6 Å². The molecule has 19 heavy (non-hydrogen) atoms. The molecule has 0 saturated carbocycles. The number of nitrogens with one attached hydrogen (secondary N) is 1. The summed E-state index contributed by atoms with van der Waals surface area (Å²) in [7, 11) is 1.67. The first kappa shape index (κ1) is 15.2. The van der Waals surface area contributed by atoms with Crippen LogP contribution < -0.4 is 10.1 Å². The molecule has 0 aliphatic heterocycles. The lowest BCUT2D eigenvalue weighted by Gasteiger charge is -2.20. The molecule has 0 fully saturated rings. The Kier molecular flexibility index (Phi) is 5.10. The molecule has 0 bridgehead atoms. The summed E-state index contributed by atoms with van der Waals surface area (Å²) >= 11 is 5.78. The van der Waals surface area contributed by atoms with Crippen molar-refractivity contribution in [2.75, 3.05) is 13.7 Å². The molecule has 1 aromatic rings. The molecule has 0 aromatic heterocycles. The van der Waals surface area contributed by atoms with Crippen molar-refractivity contribution in [1.29, 1.82) is 5.26 Å². The molecule has 7 heteroatoms. The van der Waals surface area contributed by atoms with E-state index in [-0.39, 0.29) is 18.0 Å². The minimum Gasteiger partial charge on any atom is -0.487 e. The van der Waals surface area contributed by atoms with E-state index in [1.54, 1.807) is 14.0 Å². The summed E-state index contributed by atoms with van der Waals surface area (Å²) in [6.07, 6.45) is 0.393. The second-order valence-electron chi connectivity index (χ2n) is 4.16. The van der Waals surface area contributed by atoms with Gasteiger partial charge in [0.15, 0.2) is 5.75 Å². The first-order valence-electron chi connectivity index (χ1n) is 5.59. The molecule has 102 valence electrons. The highest BCUT2D eigenvalue weighted by atomic mass is 35.5. The van der Waals surface area contributed by atoms with Crippen LogP contribution in [0.15, 0.2) is 18.2 Å². The lowest BCUT2D eigenvalue weighted by Crippen LogP contribution is -2.39. The number of nitro groups is 1. The average molecular weight is 284 g/mol. The van der Waals surface area contributed by atoms with Gasteiger partial charge in [0.2, 0.25) is 0 Å². The van der Waals surface area contributed by atoms with Gasteiger partial charge in [-0.05, 0) is 20.0 Å². The van der Waals surface area contributed by atoms with Crippen molar-refractivity contribution in [2.45, 2.75) is 18.9 Å². The zero-order valence-electron chi connectivity index (χ0n) is 10.6. The molecule has 0 radical (unpaired) electrons. The third kappa shape index (κ3) is 4.09. The van der Waals surface area contributed by atoms with Gasteiger partial charge in [0.1, 0.15) is 5.54 Å². The molecule has 0 spiro atoms. The maximum absolute atomic E-state index is 10.8. The number of halogens is 1. The predicted molar refractivity (Wildman–Crippen MR) is 71.3 cm³/mol. The van der Waals surface area contributed by atoms with Crippen molar-refractivity contribution in [3.05, 3.63) is 33.3 Å². The van der Waals surface area contributed by atoms with Crippen molar-refractivity contribution in [3.63, 3.8) is 0 Å². The van der Waals surface area contributed by atoms with Crippen LogP contribution >= 0.6 is 11.6 Å². The minimum atomic E-state index is -0.729. The van der Waals surface area contributed by atoms with Gasteiger partial charge in [0, 0.05) is 23.6 Å². The van der Waals surface area contributed by atoms with Gasteiger partial charge in [-0.25, -0.2) is 0 Å². The molecule has 0 saturated heterocycles. The maximum Gasteiger partial charge on any atom is 0.311 e. The average Bonchev–Trinajstić information content (AvgIpc) is 2.38. The minimum absolute atomic E-state index is 0.105. The van der Waals surface area contributed by atoms with E-state index in [4.69, 9.17) is 21.6 Å². The first-order chi connectivity index (χ1) is 8.91. The van der Waals surface area contributed by atoms with E-state index in [0.717, 1.165) is 0 Å². The highest BCUT2D eigenvalue weighted by molar-refractivity contribution is 6.30. The smallest absolute Gasteiger partial charge is 0.311 e. The van der Waals surface area contributed by atoms with Gasteiger partial charge < -0.3 is 10.1 Å². The summed E-state index contributed by atoms with van der Waals surface area (Å²) in [5.41, 5.74) is -0.875. The van der Waals surface area contributed by atoms with Gasteiger partial charge in [-0.15, -0.1) is 0 Å². The Bertz CT molecular complexity index is 515. The lowest BCUT2D eigenvalue weighted by molar-refractivity contribution is -0.385. The van der Waals surface area contributed by atoms with Crippen LogP contribution in [0, 0.1) is 21.4 Å². The van der Waals surface area contributed by atoms with Crippen molar-refractivity contribution in [3.8, 4) is 11.8 Å². The molecule has 1 N–H and O–H groups in total. The molecule has 6 nitrogen and oxygen atoms in total. The molecular weight excluding hydrogens is 270 g/mol. The van der Waals surface area contributed by atoms with Crippen LogP contribution in [-0.4, -0.2) is 24.1 Å². The van der Waals surface area contributed by atoms with Gasteiger partial charge in [0.05, 0.1) is 17.6 Å². The molecule has 1 unspecified atom stereocenters. The van der Waals surface area contributed by atoms with Crippen LogP contribution in [0.3, 0.4) is 0 Å². The second kappa shape index (κ2) is 6.36. The first-order valence-corrected chi connectivity index (χ1v) is 5.96. The van der Waals surface area contributed by atoms with Crippen LogP contribution in [0.1, 0.15) is 13.3 Å². The van der Waals surface area contributed by atoms with Gasteiger partial charge >= 0.3 is 5.69 Å². The Balaban J connectivity index is 2.76. The molecule has 0 aliphatic carbocycles. The topological polar surface area (TPSA) is 88.2 Å². The van der Waals surface area contributed by atoms with Crippen molar-refractivity contribution < 1.29 is 9.66 Å². The SMILES string of the molecule is CNC(C)(C#N)CCOc1cc(Cl)ccc1[N+](=O)[O-]. The van der Waals surface area contributed by atoms with E-state index in [9.17, 15) is 10.1 Å². The van der Waals surface area contributed by atoms with E-state index in [1.165, 1.54) is 18.2 Å². The Labute approximate surface area is 116 Å². The van der Waals surface area contributed by atoms with Crippen molar-refractivity contribution in [2.24, 2.45) is 0 Å². The van der Waals surface area contributed by atoms with Gasteiger partial charge in [-0.2, -0.15) is 5.26 Å². The molecule has 0 aliphatic rings. The lowest BCUT2D eigenvalue weighted by atomic mass is 10.0. The maximum atomic E-state index is 10.8. The number of hydrogen-bond donors (Lipinski definition) is 1. The van der Waals surface area contributed by atoms with Gasteiger partial charge in [-0.3, -0.25) is 10.1 Å². The molecule has 0 heterocycles. The van der Waals surface area contributed by atoms with E-state index < -0.39 is 10.5 Å².